The SMILES string of the molecule is CC1=CCCN(C(=O)Oc2ccccc2)C1. The first-order chi connectivity index (χ1) is 7.75. The molecule has 1 aromatic carbocycles. The molecule has 0 atom stereocenters. The van der Waals surface area contributed by atoms with E-state index in [1.807, 2.05) is 25.1 Å². The van der Waals surface area contributed by atoms with Crippen LogP contribution in [0, 0.1) is 0 Å². The highest BCUT2D eigenvalue weighted by molar-refractivity contribution is 5.71. The number of hydrogen-bond donors (Lipinski definition) is 0. The van der Waals surface area contributed by atoms with Gasteiger partial charge in [0.1, 0.15) is 5.75 Å². The Kier molecular flexibility index (Phi) is 3.25. The molecule has 1 aromatic rings. The number of ether oxygens (including phenoxy) is 1. The van der Waals surface area contributed by atoms with E-state index in [4.69, 9.17) is 4.74 Å². The van der Waals surface area contributed by atoms with Gasteiger partial charge in [0.2, 0.25) is 0 Å². The minimum atomic E-state index is -0.265. The number of amides is 1. The third-order valence-corrected chi connectivity index (χ3v) is 2.54. The van der Waals surface area contributed by atoms with Crippen LogP contribution in [0.2, 0.25) is 0 Å². The summed E-state index contributed by atoms with van der Waals surface area (Å²) in [6.45, 7) is 3.44. The van der Waals surface area contributed by atoms with E-state index < -0.39 is 0 Å². The van der Waals surface area contributed by atoms with Crippen molar-refractivity contribution in [2.45, 2.75) is 13.3 Å². The molecule has 1 amide bonds. The molecule has 16 heavy (non-hydrogen) atoms. The van der Waals surface area contributed by atoms with Crippen molar-refractivity contribution in [3.63, 3.8) is 0 Å². The lowest BCUT2D eigenvalue weighted by atomic mass is 10.1. The van der Waals surface area contributed by atoms with Gasteiger partial charge in [0, 0.05) is 13.1 Å². The molecule has 0 unspecified atom stereocenters. The van der Waals surface area contributed by atoms with Gasteiger partial charge in [-0.2, -0.15) is 0 Å². The zero-order chi connectivity index (χ0) is 11.4. The maximum Gasteiger partial charge on any atom is 0.415 e. The Labute approximate surface area is 95.3 Å². The Hall–Kier alpha value is -1.77. The van der Waals surface area contributed by atoms with Gasteiger partial charge in [0.15, 0.2) is 0 Å². The smallest absolute Gasteiger partial charge is 0.410 e. The van der Waals surface area contributed by atoms with E-state index in [9.17, 15) is 4.79 Å². The predicted molar refractivity (Wildman–Crippen MR) is 62.4 cm³/mol. The number of hydrogen-bond acceptors (Lipinski definition) is 2. The highest BCUT2D eigenvalue weighted by Gasteiger charge is 2.17. The van der Waals surface area contributed by atoms with Gasteiger partial charge < -0.3 is 9.64 Å². The van der Waals surface area contributed by atoms with Crippen LogP contribution in [0.25, 0.3) is 0 Å². The van der Waals surface area contributed by atoms with Gasteiger partial charge in [0.05, 0.1) is 0 Å². The van der Waals surface area contributed by atoms with Crippen LogP contribution >= 0.6 is 0 Å². The molecule has 2 rings (SSSR count). The lowest BCUT2D eigenvalue weighted by Crippen LogP contribution is -2.37. The van der Waals surface area contributed by atoms with Crippen LogP contribution in [0.4, 0.5) is 4.79 Å². The average molecular weight is 217 g/mol. The predicted octanol–water partition coefficient (Wildman–Crippen LogP) is 2.84. The van der Waals surface area contributed by atoms with Gasteiger partial charge in [-0.15, -0.1) is 0 Å². The van der Waals surface area contributed by atoms with Crippen molar-refractivity contribution in [1.82, 2.24) is 4.90 Å². The van der Waals surface area contributed by atoms with Crippen LogP contribution in [0.1, 0.15) is 13.3 Å². The molecular weight excluding hydrogens is 202 g/mol. The van der Waals surface area contributed by atoms with Gasteiger partial charge in [-0.1, -0.05) is 29.8 Å². The largest absolute Gasteiger partial charge is 0.415 e. The maximum absolute atomic E-state index is 11.8. The monoisotopic (exact) mass is 217 g/mol. The first-order valence-electron chi connectivity index (χ1n) is 5.43. The Morgan fingerprint density at radius 2 is 2.06 bits per heavy atom. The molecule has 0 spiro atoms. The van der Waals surface area contributed by atoms with Gasteiger partial charge in [-0.3, -0.25) is 0 Å². The minimum absolute atomic E-state index is 0.265. The summed E-state index contributed by atoms with van der Waals surface area (Å²) in [7, 11) is 0. The zero-order valence-corrected chi connectivity index (χ0v) is 9.35. The fraction of sp³-hybridized carbons (Fsp3) is 0.308. The maximum atomic E-state index is 11.8. The normalized spacial score (nSPS) is 15.6. The van der Waals surface area contributed by atoms with Crippen molar-refractivity contribution >= 4 is 6.09 Å². The highest BCUT2D eigenvalue weighted by atomic mass is 16.6. The molecule has 3 heteroatoms. The number of carbonyl (C=O) groups excluding carboxylic acids is 1. The van der Waals surface area contributed by atoms with Crippen LogP contribution in [-0.2, 0) is 0 Å². The van der Waals surface area contributed by atoms with Gasteiger partial charge in [0.25, 0.3) is 0 Å². The summed E-state index contributed by atoms with van der Waals surface area (Å²) < 4.78 is 5.26. The first kappa shape index (κ1) is 10.7. The van der Waals surface area contributed by atoms with E-state index in [0.29, 0.717) is 12.3 Å². The molecule has 0 radical (unpaired) electrons. The van der Waals surface area contributed by atoms with Crippen molar-refractivity contribution in [1.29, 1.82) is 0 Å². The number of para-hydroxylation sites is 1. The molecule has 0 saturated heterocycles. The van der Waals surface area contributed by atoms with Crippen LogP contribution in [-0.4, -0.2) is 24.1 Å². The molecule has 0 aliphatic carbocycles. The van der Waals surface area contributed by atoms with Crippen LogP contribution in [0.15, 0.2) is 42.0 Å². The average Bonchev–Trinajstić information content (AvgIpc) is 2.30. The second-order valence-corrected chi connectivity index (χ2v) is 3.94. The molecule has 1 aliphatic rings. The molecule has 0 N–H and O–H groups in total. The van der Waals surface area contributed by atoms with Crippen molar-refractivity contribution < 1.29 is 9.53 Å². The standard InChI is InChI=1S/C13H15NO2/c1-11-6-5-9-14(10-11)13(15)16-12-7-3-2-4-8-12/h2-4,6-8H,5,9-10H2,1H3. The Morgan fingerprint density at radius 3 is 2.75 bits per heavy atom. The van der Waals surface area contributed by atoms with Crippen molar-refractivity contribution in [2.75, 3.05) is 13.1 Å². The molecular formula is C13H15NO2. The third kappa shape index (κ3) is 2.63. The molecule has 0 bridgehead atoms. The number of carbonyl (C=O) groups is 1. The van der Waals surface area contributed by atoms with Crippen LogP contribution in [0.3, 0.4) is 0 Å². The Bertz CT molecular complexity index is 398. The van der Waals surface area contributed by atoms with Crippen LogP contribution in [0.5, 0.6) is 5.75 Å². The second-order valence-electron chi connectivity index (χ2n) is 3.94. The summed E-state index contributed by atoms with van der Waals surface area (Å²) in [4.78, 5) is 13.5. The van der Waals surface area contributed by atoms with Gasteiger partial charge >= 0.3 is 6.09 Å². The van der Waals surface area contributed by atoms with E-state index in [1.165, 1.54) is 5.57 Å². The summed E-state index contributed by atoms with van der Waals surface area (Å²) in [6.07, 6.45) is 2.81. The summed E-state index contributed by atoms with van der Waals surface area (Å²) >= 11 is 0. The molecule has 1 aliphatic heterocycles. The van der Waals surface area contributed by atoms with E-state index >= 15 is 0 Å². The summed E-state index contributed by atoms with van der Waals surface area (Å²) in [5, 5.41) is 0. The molecule has 1 heterocycles. The van der Waals surface area contributed by atoms with Crippen molar-refractivity contribution in [3.05, 3.63) is 42.0 Å². The summed E-state index contributed by atoms with van der Waals surface area (Å²) in [6, 6.07) is 9.16. The zero-order valence-electron chi connectivity index (χ0n) is 9.35. The second kappa shape index (κ2) is 4.84. The number of nitrogens with zero attached hydrogens (tertiary/aromatic N) is 1. The fourth-order valence-electron chi connectivity index (χ4n) is 1.72. The van der Waals surface area contributed by atoms with E-state index in [0.717, 1.165) is 13.0 Å². The molecule has 0 saturated carbocycles. The lowest BCUT2D eigenvalue weighted by molar-refractivity contribution is 0.155. The van der Waals surface area contributed by atoms with Crippen molar-refractivity contribution in [3.8, 4) is 5.75 Å². The number of rotatable bonds is 1. The Morgan fingerprint density at radius 1 is 1.31 bits per heavy atom. The van der Waals surface area contributed by atoms with Gasteiger partial charge in [-0.05, 0) is 25.5 Å². The van der Waals surface area contributed by atoms with Crippen molar-refractivity contribution in [2.24, 2.45) is 0 Å². The van der Waals surface area contributed by atoms with Gasteiger partial charge in [-0.25, -0.2) is 4.79 Å². The fourth-order valence-corrected chi connectivity index (χ4v) is 1.72. The molecule has 84 valence electrons. The lowest BCUT2D eigenvalue weighted by Gasteiger charge is -2.25. The number of benzene rings is 1. The van der Waals surface area contributed by atoms with E-state index in [-0.39, 0.29) is 6.09 Å². The highest BCUT2D eigenvalue weighted by Crippen LogP contribution is 2.13. The topological polar surface area (TPSA) is 29.5 Å². The van der Waals surface area contributed by atoms with E-state index in [1.54, 1.807) is 17.0 Å². The quantitative estimate of drug-likeness (QED) is 0.677. The van der Waals surface area contributed by atoms with E-state index in [2.05, 4.69) is 6.08 Å². The molecule has 3 nitrogen and oxygen atoms in total. The Balaban J connectivity index is 1.96. The van der Waals surface area contributed by atoms with Crippen LogP contribution < -0.4 is 4.74 Å². The summed E-state index contributed by atoms with van der Waals surface area (Å²) in [5.41, 5.74) is 1.22. The molecule has 0 aromatic heterocycles. The summed E-state index contributed by atoms with van der Waals surface area (Å²) in [5.74, 6) is 0.597. The molecule has 0 fully saturated rings. The minimum Gasteiger partial charge on any atom is -0.410 e. The first-order valence-corrected chi connectivity index (χ1v) is 5.43. The third-order valence-electron chi connectivity index (χ3n) is 2.54.